The molecule has 1 heterocycles. The second-order valence-corrected chi connectivity index (χ2v) is 6.76. The van der Waals surface area contributed by atoms with Crippen LogP contribution in [0.15, 0.2) is 47.4 Å². The fourth-order valence-corrected chi connectivity index (χ4v) is 3.53. The molecular formula is C15H18N2O4S. The van der Waals surface area contributed by atoms with Crippen LogP contribution >= 0.6 is 10.8 Å². The summed E-state index contributed by atoms with van der Waals surface area (Å²) in [4.78, 5) is 0.390. The Bertz CT molecular complexity index is 678. The van der Waals surface area contributed by atoms with E-state index in [2.05, 4.69) is 10.0 Å². The number of aliphatic hydroxyl groups excluding tert-OH is 1. The number of nitrogens with one attached hydrogen (secondary N) is 2. The van der Waals surface area contributed by atoms with E-state index in [9.17, 15) is 9.11 Å². The maximum Gasteiger partial charge on any atom is 0.129 e. The van der Waals surface area contributed by atoms with E-state index in [0.29, 0.717) is 35.2 Å². The lowest BCUT2D eigenvalue weighted by molar-refractivity contribution is 0.281. The third kappa shape index (κ3) is 3.18. The first-order valence-electron chi connectivity index (χ1n) is 6.87. The minimum atomic E-state index is -3.04. The van der Waals surface area contributed by atoms with Crippen molar-refractivity contribution < 1.29 is 18.9 Å². The largest absolute Gasteiger partial charge is 0.457 e. The van der Waals surface area contributed by atoms with Gasteiger partial charge in [-0.25, -0.2) is 4.72 Å². The maximum atomic E-state index is 10.2. The van der Waals surface area contributed by atoms with Crippen LogP contribution in [-0.4, -0.2) is 27.3 Å². The first-order valence-corrected chi connectivity index (χ1v) is 8.41. The number of rotatable bonds is 3. The highest BCUT2D eigenvalue weighted by Crippen LogP contribution is 2.50. The van der Waals surface area contributed by atoms with Gasteiger partial charge in [0.1, 0.15) is 16.4 Å². The highest BCUT2D eigenvalue weighted by atomic mass is 32.3. The third-order valence-corrected chi connectivity index (χ3v) is 4.88. The lowest BCUT2D eigenvalue weighted by atomic mass is 10.2. The molecule has 6 nitrogen and oxygen atoms in total. The molecule has 0 bridgehead atoms. The summed E-state index contributed by atoms with van der Waals surface area (Å²) in [5.41, 5.74) is 1.43. The van der Waals surface area contributed by atoms with Crippen LogP contribution in [0, 0.1) is 0 Å². The molecule has 0 aromatic heterocycles. The van der Waals surface area contributed by atoms with Crippen molar-refractivity contribution in [2.75, 3.05) is 18.4 Å². The number of benzene rings is 2. The quantitative estimate of drug-likeness (QED) is 0.596. The van der Waals surface area contributed by atoms with Crippen LogP contribution in [-0.2, 0) is 6.61 Å². The number of aliphatic hydroxyl groups is 1. The Kier molecular flexibility index (Phi) is 4.23. The molecule has 2 aromatic rings. The minimum absolute atomic E-state index is 0.0598. The summed E-state index contributed by atoms with van der Waals surface area (Å²) in [5, 5.41) is 12.3. The van der Waals surface area contributed by atoms with Crippen molar-refractivity contribution in [2.45, 2.75) is 11.5 Å². The highest BCUT2D eigenvalue weighted by Gasteiger charge is 2.22. The Morgan fingerprint density at radius 2 is 1.86 bits per heavy atom. The van der Waals surface area contributed by atoms with Crippen molar-refractivity contribution in [3.8, 4) is 11.5 Å². The SMILES string of the molecule is OCc1cccc(Oc2ccc3c(c2)S(O)(O)NCCN3)c1. The van der Waals surface area contributed by atoms with E-state index < -0.39 is 10.8 Å². The normalized spacial score (nSPS) is 17.8. The van der Waals surface area contributed by atoms with Crippen LogP contribution in [0.5, 0.6) is 11.5 Å². The number of ether oxygens (including phenoxy) is 1. The summed E-state index contributed by atoms with van der Waals surface area (Å²) in [6.45, 7) is 1.02. The fraction of sp³-hybridized carbons (Fsp3) is 0.200. The predicted octanol–water partition coefficient (Wildman–Crippen LogP) is 3.01. The second kappa shape index (κ2) is 6.15. The van der Waals surface area contributed by atoms with Crippen LogP contribution in [0.1, 0.15) is 5.56 Å². The van der Waals surface area contributed by atoms with Crippen molar-refractivity contribution in [1.82, 2.24) is 4.72 Å². The van der Waals surface area contributed by atoms with Crippen molar-refractivity contribution in [1.29, 1.82) is 0 Å². The zero-order valence-electron chi connectivity index (χ0n) is 11.8. The van der Waals surface area contributed by atoms with Gasteiger partial charge in [-0.3, -0.25) is 9.11 Å². The van der Waals surface area contributed by atoms with E-state index in [1.807, 2.05) is 0 Å². The average Bonchev–Trinajstić information content (AvgIpc) is 2.66. The van der Waals surface area contributed by atoms with E-state index in [-0.39, 0.29) is 6.61 Å². The van der Waals surface area contributed by atoms with Crippen LogP contribution in [0.4, 0.5) is 5.69 Å². The van der Waals surface area contributed by atoms with Crippen molar-refractivity contribution in [3.63, 3.8) is 0 Å². The summed E-state index contributed by atoms with van der Waals surface area (Å²) in [5.74, 6) is 1.08. The van der Waals surface area contributed by atoms with Crippen LogP contribution in [0.3, 0.4) is 0 Å². The fourth-order valence-electron chi connectivity index (χ4n) is 2.26. The number of hydrogen-bond acceptors (Lipinski definition) is 6. The molecule has 0 fully saturated rings. The molecule has 0 aliphatic carbocycles. The molecule has 5 N–H and O–H groups in total. The monoisotopic (exact) mass is 322 g/mol. The lowest BCUT2D eigenvalue weighted by Crippen LogP contribution is -2.22. The topological polar surface area (TPSA) is 94.0 Å². The summed E-state index contributed by atoms with van der Waals surface area (Å²) >= 11 is 0. The van der Waals surface area contributed by atoms with Crippen molar-refractivity contribution >= 4 is 16.5 Å². The lowest BCUT2D eigenvalue weighted by Gasteiger charge is -2.32. The second-order valence-electron chi connectivity index (χ2n) is 4.94. The Morgan fingerprint density at radius 1 is 1.05 bits per heavy atom. The molecule has 0 saturated heterocycles. The van der Waals surface area contributed by atoms with Gasteiger partial charge < -0.3 is 15.2 Å². The molecule has 0 amide bonds. The molecular weight excluding hydrogens is 304 g/mol. The Labute approximate surface area is 130 Å². The zero-order chi connectivity index (χ0) is 15.6. The van der Waals surface area contributed by atoms with Gasteiger partial charge in [0.15, 0.2) is 0 Å². The number of anilines is 1. The first-order chi connectivity index (χ1) is 10.6. The van der Waals surface area contributed by atoms with Gasteiger partial charge in [0, 0.05) is 19.2 Å². The molecule has 7 heteroatoms. The van der Waals surface area contributed by atoms with E-state index in [1.54, 1.807) is 42.5 Å². The summed E-state index contributed by atoms with van der Waals surface area (Å²) < 4.78 is 28.8. The minimum Gasteiger partial charge on any atom is -0.457 e. The van der Waals surface area contributed by atoms with Crippen LogP contribution in [0.2, 0.25) is 0 Å². The van der Waals surface area contributed by atoms with Gasteiger partial charge in [-0.2, -0.15) is 0 Å². The first kappa shape index (κ1) is 15.1. The molecule has 0 atom stereocenters. The molecule has 22 heavy (non-hydrogen) atoms. The molecule has 118 valence electrons. The van der Waals surface area contributed by atoms with Crippen molar-refractivity contribution in [2.24, 2.45) is 0 Å². The smallest absolute Gasteiger partial charge is 0.129 e. The van der Waals surface area contributed by atoms with Gasteiger partial charge in [0.2, 0.25) is 0 Å². The van der Waals surface area contributed by atoms with Gasteiger partial charge in [0.25, 0.3) is 0 Å². The standard InChI is InChI=1S/C15H18N2O4S/c18-10-11-2-1-3-12(8-11)21-13-4-5-14-15(9-13)22(19,20)17-7-6-16-14/h1-5,8-9,16-20H,6-7,10H2. The van der Waals surface area contributed by atoms with Gasteiger partial charge in [-0.15, -0.1) is 10.8 Å². The Hall–Kier alpha value is -1.77. The molecule has 3 rings (SSSR count). The number of fused-ring (bicyclic) bond motifs is 1. The van der Waals surface area contributed by atoms with Gasteiger partial charge >= 0.3 is 0 Å². The van der Waals surface area contributed by atoms with Gasteiger partial charge in [0.05, 0.1) is 12.3 Å². The number of hydrogen-bond donors (Lipinski definition) is 5. The summed E-state index contributed by atoms with van der Waals surface area (Å²) in [6.07, 6.45) is 0. The van der Waals surface area contributed by atoms with Crippen LogP contribution in [0.25, 0.3) is 0 Å². The molecule has 2 aromatic carbocycles. The van der Waals surface area contributed by atoms with Crippen LogP contribution < -0.4 is 14.8 Å². The van der Waals surface area contributed by atoms with E-state index in [4.69, 9.17) is 9.84 Å². The van der Waals surface area contributed by atoms with Crippen molar-refractivity contribution in [3.05, 3.63) is 48.0 Å². The Morgan fingerprint density at radius 3 is 2.68 bits per heavy atom. The zero-order valence-corrected chi connectivity index (χ0v) is 12.6. The highest BCUT2D eigenvalue weighted by molar-refractivity contribution is 8.22. The molecule has 1 aliphatic heterocycles. The van der Waals surface area contributed by atoms with Gasteiger partial charge in [-0.1, -0.05) is 12.1 Å². The molecule has 0 spiro atoms. The predicted molar refractivity (Wildman–Crippen MR) is 86.5 cm³/mol. The average molecular weight is 322 g/mol. The van der Waals surface area contributed by atoms with Gasteiger partial charge in [-0.05, 0) is 29.8 Å². The molecule has 0 radical (unpaired) electrons. The van der Waals surface area contributed by atoms with E-state index in [1.165, 1.54) is 0 Å². The maximum absolute atomic E-state index is 10.2. The summed E-state index contributed by atoms with van der Waals surface area (Å²) in [7, 11) is -3.04. The summed E-state index contributed by atoms with van der Waals surface area (Å²) in [6, 6.07) is 12.2. The third-order valence-electron chi connectivity index (χ3n) is 3.32. The molecule has 1 aliphatic rings. The Balaban J connectivity index is 1.91. The van der Waals surface area contributed by atoms with E-state index in [0.717, 1.165) is 5.56 Å². The molecule has 0 unspecified atom stereocenters. The van der Waals surface area contributed by atoms with E-state index >= 15 is 0 Å². The molecule has 0 saturated carbocycles.